The van der Waals surface area contributed by atoms with Gasteiger partial charge >= 0.3 is 0 Å². The molecule has 0 aliphatic heterocycles. The molecule has 106 valence electrons. The molecule has 1 atom stereocenters. The van der Waals surface area contributed by atoms with Crippen molar-refractivity contribution in [2.75, 3.05) is 20.3 Å². The third kappa shape index (κ3) is 6.08. The minimum Gasteiger partial charge on any atom is -0.383 e. The third-order valence-corrected chi connectivity index (χ3v) is 3.41. The van der Waals surface area contributed by atoms with E-state index in [2.05, 4.69) is 25.2 Å². The molecule has 19 heavy (non-hydrogen) atoms. The van der Waals surface area contributed by atoms with Crippen molar-refractivity contribution >= 4 is 17.5 Å². The highest BCUT2D eigenvalue weighted by Gasteiger charge is 2.07. The Labute approximate surface area is 120 Å². The minimum atomic E-state index is -0.0491. The summed E-state index contributed by atoms with van der Waals surface area (Å²) < 4.78 is 4.94. The number of nitrogens with one attached hydrogen (secondary N) is 1. The SMILES string of the molecule is COCC(Cl)CCNC(=O)Cc1ccc(C)c(C)c1. The molecule has 1 N–H and O–H groups in total. The molecule has 0 heterocycles. The Morgan fingerprint density at radius 1 is 1.37 bits per heavy atom. The first-order valence-electron chi connectivity index (χ1n) is 6.48. The Morgan fingerprint density at radius 3 is 2.74 bits per heavy atom. The van der Waals surface area contributed by atoms with E-state index in [1.54, 1.807) is 7.11 Å². The number of ether oxygens (including phenoxy) is 1. The summed E-state index contributed by atoms with van der Waals surface area (Å²) in [6.07, 6.45) is 1.13. The van der Waals surface area contributed by atoms with E-state index >= 15 is 0 Å². The maximum absolute atomic E-state index is 11.8. The number of carbonyl (C=O) groups excluding carboxylic acids is 1. The van der Waals surface area contributed by atoms with Crippen molar-refractivity contribution in [3.8, 4) is 0 Å². The van der Waals surface area contributed by atoms with Gasteiger partial charge in [-0.25, -0.2) is 0 Å². The van der Waals surface area contributed by atoms with Gasteiger partial charge in [0.25, 0.3) is 0 Å². The topological polar surface area (TPSA) is 38.3 Å². The fraction of sp³-hybridized carbons (Fsp3) is 0.533. The van der Waals surface area contributed by atoms with Crippen molar-refractivity contribution in [3.05, 3.63) is 34.9 Å². The van der Waals surface area contributed by atoms with E-state index in [1.807, 2.05) is 12.1 Å². The molecule has 0 bridgehead atoms. The Balaban J connectivity index is 2.33. The largest absolute Gasteiger partial charge is 0.383 e. The molecule has 1 unspecified atom stereocenters. The summed E-state index contributed by atoms with van der Waals surface area (Å²) in [7, 11) is 1.62. The maximum Gasteiger partial charge on any atom is 0.224 e. The maximum atomic E-state index is 11.8. The second-order valence-electron chi connectivity index (χ2n) is 4.79. The quantitative estimate of drug-likeness (QED) is 0.781. The highest BCUT2D eigenvalue weighted by molar-refractivity contribution is 6.20. The summed E-state index contributed by atoms with van der Waals surface area (Å²) in [4.78, 5) is 11.8. The van der Waals surface area contributed by atoms with Crippen LogP contribution in [0.15, 0.2) is 18.2 Å². The van der Waals surface area contributed by atoms with Gasteiger partial charge in [0.2, 0.25) is 5.91 Å². The van der Waals surface area contributed by atoms with Crippen LogP contribution in [0.25, 0.3) is 0 Å². The molecule has 1 aromatic carbocycles. The van der Waals surface area contributed by atoms with Crippen molar-refractivity contribution in [1.82, 2.24) is 5.32 Å². The zero-order valence-corrected chi connectivity index (χ0v) is 12.6. The van der Waals surface area contributed by atoms with Gasteiger partial charge in [0.15, 0.2) is 0 Å². The smallest absolute Gasteiger partial charge is 0.224 e. The molecule has 1 amide bonds. The number of rotatable bonds is 7. The van der Waals surface area contributed by atoms with E-state index in [0.717, 1.165) is 5.56 Å². The Bertz CT molecular complexity index is 421. The van der Waals surface area contributed by atoms with Crippen LogP contribution < -0.4 is 5.32 Å². The summed E-state index contributed by atoms with van der Waals surface area (Å²) in [5.74, 6) is 0.0320. The van der Waals surface area contributed by atoms with Crippen LogP contribution >= 0.6 is 11.6 Å². The zero-order chi connectivity index (χ0) is 14.3. The second-order valence-corrected chi connectivity index (χ2v) is 5.40. The van der Waals surface area contributed by atoms with Gasteiger partial charge in [-0.05, 0) is 37.0 Å². The predicted octanol–water partition coefficient (Wildman–Crippen LogP) is 2.61. The third-order valence-electron chi connectivity index (χ3n) is 3.06. The number of methoxy groups -OCH3 is 1. The van der Waals surface area contributed by atoms with Crippen molar-refractivity contribution in [1.29, 1.82) is 0 Å². The number of halogens is 1. The molecular formula is C15H22ClNO2. The Hall–Kier alpha value is -1.06. The number of amides is 1. The Morgan fingerprint density at radius 2 is 2.11 bits per heavy atom. The highest BCUT2D eigenvalue weighted by Crippen LogP contribution is 2.10. The zero-order valence-electron chi connectivity index (χ0n) is 11.8. The standard InChI is InChI=1S/C15H22ClNO2/c1-11-4-5-13(8-12(11)2)9-15(18)17-7-6-14(16)10-19-3/h4-5,8,14H,6-7,9-10H2,1-3H3,(H,17,18). The minimum absolute atomic E-state index is 0.0320. The first kappa shape index (κ1) is 16.0. The van der Waals surface area contributed by atoms with Gasteiger partial charge in [0.1, 0.15) is 0 Å². The number of carbonyl (C=O) groups is 1. The predicted molar refractivity (Wildman–Crippen MR) is 78.8 cm³/mol. The van der Waals surface area contributed by atoms with Crippen molar-refractivity contribution in [2.24, 2.45) is 0 Å². The van der Waals surface area contributed by atoms with Gasteiger partial charge in [0, 0.05) is 13.7 Å². The summed E-state index contributed by atoms with van der Waals surface area (Å²) >= 11 is 5.99. The van der Waals surface area contributed by atoms with Crippen LogP contribution in [0, 0.1) is 13.8 Å². The highest BCUT2D eigenvalue weighted by atomic mass is 35.5. The van der Waals surface area contributed by atoms with Gasteiger partial charge in [-0.2, -0.15) is 0 Å². The van der Waals surface area contributed by atoms with Crippen LogP contribution in [0.5, 0.6) is 0 Å². The lowest BCUT2D eigenvalue weighted by molar-refractivity contribution is -0.120. The molecule has 0 spiro atoms. The van der Waals surface area contributed by atoms with E-state index in [-0.39, 0.29) is 11.3 Å². The van der Waals surface area contributed by atoms with E-state index in [1.165, 1.54) is 11.1 Å². The first-order valence-corrected chi connectivity index (χ1v) is 6.92. The van der Waals surface area contributed by atoms with Gasteiger partial charge in [-0.3, -0.25) is 4.79 Å². The summed E-state index contributed by atoms with van der Waals surface area (Å²) in [6, 6.07) is 6.10. The van der Waals surface area contributed by atoms with Crippen LogP contribution in [0.3, 0.4) is 0 Å². The molecule has 1 aromatic rings. The van der Waals surface area contributed by atoms with E-state index < -0.39 is 0 Å². The van der Waals surface area contributed by atoms with Gasteiger partial charge in [-0.15, -0.1) is 11.6 Å². The van der Waals surface area contributed by atoms with E-state index in [0.29, 0.717) is 26.0 Å². The number of alkyl halides is 1. The number of benzene rings is 1. The van der Waals surface area contributed by atoms with Crippen LogP contribution in [-0.2, 0) is 16.0 Å². The average molecular weight is 284 g/mol. The van der Waals surface area contributed by atoms with Gasteiger partial charge < -0.3 is 10.1 Å². The fourth-order valence-corrected chi connectivity index (χ4v) is 2.03. The summed E-state index contributed by atoms with van der Waals surface area (Å²) in [6.45, 7) is 5.21. The van der Waals surface area contributed by atoms with Crippen LogP contribution in [0.4, 0.5) is 0 Å². The molecule has 0 saturated heterocycles. The van der Waals surface area contributed by atoms with Crippen LogP contribution in [0.2, 0.25) is 0 Å². The normalized spacial score (nSPS) is 12.2. The van der Waals surface area contributed by atoms with Crippen LogP contribution in [-0.4, -0.2) is 31.5 Å². The van der Waals surface area contributed by atoms with Crippen molar-refractivity contribution < 1.29 is 9.53 Å². The lowest BCUT2D eigenvalue weighted by Crippen LogP contribution is -2.28. The first-order chi connectivity index (χ1) is 9.02. The second kappa shape index (κ2) is 8.18. The molecule has 0 aliphatic carbocycles. The molecule has 0 radical (unpaired) electrons. The fourth-order valence-electron chi connectivity index (χ4n) is 1.79. The number of hydrogen-bond acceptors (Lipinski definition) is 2. The van der Waals surface area contributed by atoms with Crippen LogP contribution in [0.1, 0.15) is 23.1 Å². The lowest BCUT2D eigenvalue weighted by Gasteiger charge is -2.10. The van der Waals surface area contributed by atoms with Crippen molar-refractivity contribution in [2.45, 2.75) is 32.1 Å². The molecule has 1 rings (SSSR count). The summed E-state index contributed by atoms with van der Waals surface area (Å²) in [5.41, 5.74) is 3.50. The van der Waals surface area contributed by atoms with Gasteiger partial charge in [0.05, 0.1) is 18.4 Å². The molecule has 4 heteroatoms. The molecular weight excluding hydrogens is 262 g/mol. The number of aryl methyl sites for hydroxylation is 2. The molecule has 0 aliphatic rings. The van der Waals surface area contributed by atoms with E-state index in [9.17, 15) is 4.79 Å². The lowest BCUT2D eigenvalue weighted by atomic mass is 10.0. The monoisotopic (exact) mass is 283 g/mol. The Kier molecular flexibility index (Phi) is 6.89. The van der Waals surface area contributed by atoms with E-state index in [4.69, 9.17) is 16.3 Å². The molecule has 3 nitrogen and oxygen atoms in total. The van der Waals surface area contributed by atoms with Crippen molar-refractivity contribution in [3.63, 3.8) is 0 Å². The van der Waals surface area contributed by atoms with Gasteiger partial charge in [-0.1, -0.05) is 18.2 Å². The molecule has 0 aromatic heterocycles. The summed E-state index contributed by atoms with van der Waals surface area (Å²) in [5, 5.41) is 2.83. The average Bonchev–Trinajstić information content (AvgIpc) is 2.34. The molecule has 0 saturated carbocycles. The molecule has 0 fully saturated rings. The number of hydrogen-bond donors (Lipinski definition) is 1.